The van der Waals surface area contributed by atoms with Crippen molar-refractivity contribution in [1.82, 2.24) is 0 Å². The Morgan fingerprint density at radius 1 is 0.968 bits per heavy atom. The Morgan fingerprint density at radius 3 is 2.42 bits per heavy atom. The molecule has 31 heavy (non-hydrogen) atoms. The minimum Gasteiger partial charge on any atom is -0.454 e. The molecule has 0 aliphatic carbocycles. The third kappa shape index (κ3) is 3.46. The second kappa shape index (κ2) is 7.45. The molecule has 3 aromatic rings. The molecular formula is C25H19ClO5. The number of esters is 1. The first kappa shape index (κ1) is 19.7. The molecule has 5 rings (SSSR count). The highest BCUT2D eigenvalue weighted by Gasteiger charge is 2.48. The van der Waals surface area contributed by atoms with Crippen molar-refractivity contribution in [2.24, 2.45) is 0 Å². The number of rotatable bonds is 4. The van der Waals surface area contributed by atoms with E-state index in [2.05, 4.69) is 0 Å². The van der Waals surface area contributed by atoms with E-state index < -0.39 is 11.8 Å². The Bertz CT molecular complexity index is 1200. The topological polar surface area (TPSA) is 65.0 Å². The third-order valence-corrected chi connectivity index (χ3v) is 5.81. The number of aryl methyl sites for hydroxylation is 1. The van der Waals surface area contributed by atoms with Crippen molar-refractivity contribution in [3.8, 4) is 11.5 Å². The van der Waals surface area contributed by atoms with E-state index in [1.165, 1.54) is 0 Å². The summed E-state index contributed by atoms with van der Waals surface area (Å²) in [6, 6.07) is 19.8. The molecule has 2 aliphatic rings. The number of hydrogen-bond acceptors (Lipinski definition) is 5. The fraction of sp³-hybridized carbons (Fsp3) is 0.160. The summed E-state index contributed by atoms with van der Waals surface area (Å²) in [5, 5.41) is 12.1. The van der Waals surface area contributed by atoms with Gasteiger partial charge in [0.2, 0.25) is 6.79 Å². The number of hydrogen-bond donors (Lipinski definition) is 1. The van der Waals surface area contributed by atoms with Gasteiger partial charge in [-0.05, 0) is 42.3 Å². The molecule has 5 nitrogen and oxygen atoms in total. The SMILES string of the molecule is Cc1ccc(CC2=C(c3ccc4c(c3)OCO4)C(=O)OC2(O)c2ccc(Cl)cc2)cc1. The number of cyclic esters (lactones) is 1. The van der Waals surface area contributed by atoms with Gasteiger partial charge in [-0.3, -0.25) is 0 Å². The van der Waals surface area contributed by atoms with Crippen molar-refractivity contribution in [1.29, 1.82) is 0 Å². The van der Waals surface area contributed by atoms with E-state index in [1.54, 1.807) is 42.5 Å². The number of carbonyl (C=O) groups is 1. The van der Waals surface area contributed by atoms with Crippen molar-refractivity contribution in [2.75, 3.05) is 6.79 Å². The first-order valence-electron chi connectivity index (χ1n) is 9.85. The molecule has 1 N–H and O–H groups in total. The molecule has 0 saturated carbocycles. The van der Waals surface area contributed by atoms with Crippen LogP contribution in [0.5, 0.6) is 11.5 Å². The number of benzene rings is 3. The lowest BCUT2D eigenvalue weighted by Gasteiger charge is -2.25. The van der Waals surface area contributed by atoms with Crippen molar-refractivity contribution >= 4 is 23.1 Å². The standard InChI is InChI=1S/C25H19ClO5/c1-15-2-4-16(5-3-15)12-20-23(17-6-11-21-22(13-17)30-14-29-21)24(27)31-25(20,28)18-7-9-19(26)10-8-18/h2-11,13,28H,12,14H2,1H3. The minimum atomic E-state index is -1.90. The van der Waals surface area contributed by atoms with Crippen LogP contribution in [0.1, 0.15) is 22.3 Å². The normalized spacial score (nSPS) is 19.6. The van der Waals surface area contributed by atoms with Crippen LogP contribution in [-0.4, -0.2) is 17.9 Å². The number of halogens is 1. The van der Waals surface area contributed by atoms with Crippen LogP contribution in [0.2, 0.25) is 5.02 Å². The predicted octanol–water partition coefficient (Wildman–Crippen LogP) is 4.78. The van der Waals surface area contributed by atoms with Crippen molar-refractivity contribution in [2.45, 2.75) is 19.1 Å². The molecule has 156 valence electrons. The van der Waals surface area contributed by atoms with E-state index in [-0.39, 0.29) is 6.79 Å². The second-order valence-corrected chi connectivity index (χ2v) is 8.06. The summed E-state index contributed by atoms with van der Waals surface area (Å²) in [6.45, 7) is 2.14. The zero-order chi connectivity index (χ0) is 21.6. The molecule has 0 fully saturated rings. The molecule has 0 spiro atoms. The number of carbonyl (C=O) groups excluding carboxylic acids is 1. The molecule has 0 radical (unpaired) electrons. The van der Waals surface area contributed by atoms with Crippen LogP contribution < -0.4 is 9.47 Å². The Kier molecular flexibility index (Phi) is 4.73. The van der Waals surface area contributed by atoms with Gasteiger partial charge in [0.1, 0.15) is 0 Å². The van der Waals surface area contributed by atoms with Crippen LogP contribution in [0.25, 0.3) is 5.57 Å². The molecule has 0 saturated heterocycles. The fourth-order valence-electron chi connectivity index (χ4n) is 3.91. The Balaban J connectivity index is 1.67. The summed E-state index contributed by atoms with van der Waals surface area (Å²) in [5.74, 6) is -1.34. The summed E-state index contributed by atoms with van der Waals surface area (Å²) < 4.78 is 16.5. The lowest BCUT2D eigenvalue weighted by Crippen LogP contribution is -2.29. The second-order valence-electron chi connectivity index (χ2n) is 7.62. The third-order valence-electron chi connectivity index (χ3n) is 5.55. The molecule has 2 aliphatic heterocycles. The summed E-state index contributed by atoms with van der Waals surface area (Å²) >= 11 is 6.02. The number of fused-ring (bicyclic) bond motifs is 1. The van der Waals surface area contributed by atoms with Crippen molar-refractivity contribution < 1.29 is 24.1 Å². The van der Waals surface area contributed by atoms with Gasteiger partial charge < -0.3 is 19.3 Å². The van der Waals surface area contributed by atoms with E-state index >= 15 is 0 Å². The quantitative estimate of drug-likeness (QED) is 0.599. The highest BCUT2D eigenvalue weighted by Crippen LogP contribution is 2.46. The van der Waals surface area contributed by atoms with Crippen LogP contribution >= 0.6 is 11.6 Å². The van der Waals surface area contributed by atoms with Gasteiger partial charge in [0.25, 0.3) is 5.79 Å². The summed E-state index contributed by atoms with van der Waals surface area (Å²) in [7, 11) is 0. The predicted molar refractivity (Wildman–Crippen MR) is 116 cm³/mol. The maximum Gasteiger partial charge on any atom is 0.342 e. The smallest absolute Gasteiger partial charge is 0.342 e. The molecule has 3 aromatic carbocycles. The highest BCUT2D eigenvalue weighted by molar-refractivity contribution is 6.30. The molecule has 6 heteroatoms. The van der Waals surface area contributed by atoms with Gasteiger partial charge >= 0.3 is 5.97 Å². The summed E-state index contributed by atoms with van der Waals surface area (Å²) in [4.78, 5) is 13.0. The number of aliphatic hydroxyl groups is 1. The van der Waals surface area contributed by atoms with E-state index in [9.17, 15) is 9.90 Å². The molecule has 0 bridgehead atoms. The molecule has 0 aromatic heterocycles. The van der Waals surface area contributed by atoms with E-state index in [0.717, 1.165) is 11.1 Å². The maximum atomic E-state index is 13.0. The average Bonchev–Trinajstić information content (AvgIpc) is 3.32. The average molecular weight is 435 g/mol. The van der Waals surface area contributed by atoms with E-state index in [1.807, 2.05) is 31.2 Å². The molecule has 1 unspecified atom stereocenters. The maximum absolute atomic E-state index is 13.0. The van der Waals surface area contributed by atoms with Crippen molar-refractivity contribution in [3.63, 3.8) is 0 Å². The molecule has 0 amide bonds. The largest absolute Gasteiger partial charge is 0.454 e. The van der Waals surface area contributed by atoms with Crippen molar-refractivity contribution in [3.05, 3.63) is 99.6 Å². The Morgan fingerprint density at radius 2 is 1.68 bits per heavy atom. The van der Waals surface area contributed by atoms with E-state index in [0.29, 0.717) is 45.2 Å². The van der Waals surface area contributed by atoms with Gasteiger partial charge in [-0.1, -0.05) is 59.6 Å². The molecule has 2 heterocycles. The van der Waals surface area contributed by atoms with Crippen LogP contribution in [0.4, 0.5) is 0 Å². The Labute approximate surface area is 184 Å². The molecule has 1 atom stereocenters. The van der Waals surface area contributed by atoms with Gasteiger partial charge in [0.05, 0.1) is 5.57 Å². The van der Waals surface area contributed by atoms with Gasteiger partial charge in [-0.15, -0.1) is 0 Å². The van der Waals surface area contributed by atoms with Crippen LogP contribution in [0, 0.1) is 6.92 Å². The monoisotopic (exact) mass is 434 g/mol. The van der Waals surface area contributed by atoms with Crippen LogP contribution in [0.3, 0.4) is 0 Å². The fourth-order valence-corrected chi connectivity index (χ4v) is 4.04. The molecular weight excluding hydrogens is 416 g/mol. The first-order valence-corrected chi connectivity index (χ1v) is 10.2. The Hall–Kier alpha value is -3.28. The minimum absolute atomic E-state index is 0.132. The van der Waals surface area contributed by atoms with E-state index in [4.69, 9.17) is 25.8 Å². The first-order chi connectivity index (χ1) is 14.9. The van der Waals surface area contributed by atoms with Gasteiger partial charge in [-0.2, -0.15) is 0 Å². The lowest BCUT2D eigenvalue weighted by molar-refractivity contribution is -0.185. The lowest BCUT2D eigenvalue weighted by atomic mass is 9.88. The van der Waals surface area contributed by atoms with Gasteiger partial charge in [0, 0.05) is 22.6 Å². The summed E-state index contributed by atoms with van der Waals surface area (Å²) in [6.07, 6.45) is 0.328. The van der Waals surface area contributed by atoms with Crippen LogP contribution in [0.15, 0.2) is 72.3 Å². The number of ether oxygens (including phenoxy) is 3. The van der Waals surface area contributed by atoms with Gasteiger partial charge in [0.15, 0.2) is 11.5 Å². The van der Waals surface area contributed by atoms with Crippen LogP contribution in [-0.2, 0) is 21.7 Å². The highest BCUT2D eigenvalue weighted by atomic mass is 35.5. The summed E-state index contributed by atoms with van der Waals surface area (Å²) in [5.41, 5.74) is 3.88. The zero-order valence-electron chi connectivity index (χ0n) is 16.7. The zero-order valence-corrected chi connectivity index (χ0v) is 17.5. The van der Waals surface area contributed by atoms with Gasteiger partial charge in [-0.25, -0.2) is 4.79 Å².